The maximum absolute atomic E-state index is 11.7. The monoisotopic (exact) mass is 253 g/mol. The van der Waals surface area contributed by atoms with Gasteiger partial charge in [0, 0.05) is 40.0 Å². The van der Waals surface area contributed by atoms with E-state index in [-0.39, 0.29) is 19.1 Å². The zero-order valence-corrected chi connectivity index (χ0v) is 10.9. The van der Waals surface area contributed by atoms with Crippen molar-refractivity contribution in [3.8, 4) is 0 Å². The number of rotatable bonds is 6. The molecule has 1 amide bonds. The van der Waals surface area contributed by atoms with Gasteiger partial charge in [0.1, 0.15) is 0 Å². The van der Waals surface area contributed by atoms with Gasteiger partial charge in [0.15, 0.2) is 0 Å². The molecule has 1 unspecified atom stereocenters. The Morgan fingerprint density at radius 3 is 3.00 bits per heavy atom. The third-order valence-electron chi connectivity index (χ3n) is 2.48. The van der Waals surface area contributed by atoms with Crippen LogP contribution >= 0.6 is 0 Å². The van der Waals surface area contributed by atoms with E-state index in [1.165, 1.54) is 18.1 Å². The highest BCUT2D eigenvalue weighted by Crippen LogP contribution is 2.00. The van der Waals surface area contributed by atoms with Gasteiger partial charge < -0.3 is 14.7 Å². The summed E-state index contributed by atoms with van der Waals surface area (Å²) in [6.07, 6.45) is 4.13. The van der Waals surface area contributed by atoms with Crippen molar-refractivity contribution >= 4 is 12.0 Å². The molecule has 0 aliphatic rings. The Morgan fingerprint density at radius 1 is 1.72 bits per heavy atom. The Bertz CT molecular complexity index is 414. The molecule has 1 heterocycles. The molecular weight excluding hydrogens is 234 g/mol. The van der Waals surface area contributed by atoms with Crippen molar-refractivity contribution in [1.29, 1.82) is 0 Å². The summed E-state index contributed by atoms with van der Waals surface area (Å²) >= 11 is 0. The van der Waals surface area contributed by atoms with Gasteiger partial charge in [-0.25, -0.2) is 0 Å². The Hall–Kier alpha value is -1.66. The number of hydrogen-bond acceptors (Lipinski definition) is 4. The fourth-order valence-electron chi connectivity index (χ4n) is 1.48. The summed E-state index contributed by atoms with van der Waals surface area (Å²) in [4.78, 5) is 13.2. The molecule has 1 aromatic heterocycles. The van der Waals surface area contributed by atoms with Crippen molar-refractivity contribution in [1.82, 2.24) is 14.7 Å². The van der Waals surface area contributed by atoms with Gasteiger partial charge in [0.2, 0.25) is 5.91 Å². The Kier molecular flexibility index (Phi) is 5.54. The van der Waals surface area contributed by atoms with Gasteiger partial charge >= 0.3 is 0 Å². The molecule has 1 atom stereocenters. The van der Waals surface area contributed by atoms with Crippen LogP contribution in [0, 0.1) is 0 Å². The van der Waals surface area contributed by atoms with Crippen molar-refractivity contribution < 1.29 is 14.6 Å². The van der Waals surface area contributed by atoms with E-state index >= 15 is 0 Å². The second-order valence-corrected chi connectivity index (χ2v) is 4.04. The van der Waals surface area contributed by atoms with Crippen LogP contribution in [0.4, 0.5) is 0 Å². The summed E-state index contributed by atoms with van der Waals surface area (Å²) in [5.41, 5.74) is 0.842. The molecule has 18 heavy (non-hydrogen) atoms. The first-order valence-corrected chi connectivity index (χ1v) is 5.62. The minimum absolute atomic E-state index is 0.175. The van der Waals surface area contributed by atoms with Crippen LogP contribution in [0.1, 0.15) is 5.69 Å². The standard InChI is InChI=1S/C12H19N3O3/c1-14(8-11(16)9-18-3)12(17)5-4-10-6-7-13-15(10)2/h4-7,11,16H,8-9H2,1-3H3/b5-4+. The molecule has 1 N–H and O–H groups in total. The molecule has 0 fully saturated rings. The van der Waals surface area contributed by atoms with Gasteiger partial charge in [0.05, 0.1) is 18.4 Å². The molecular formula is C12H19N3O3. The van der Waals surface area contributed by atoms with Gasteiger partial charge in [-0.05, 0) is 12.1 Å². The molecule has 0 aliphatic heterocycles. The molecule has 0 saturated heterocycles. The smallest absolute Gasteiger partial charge is 0.246 e. The molecule has 1 aromatic rings. The summed E-state index contributed by atoms with van der Waals surface area (Å²) in [5, 5.41) is 13.5. The summed E-state index contributed by atoms with van der Waals surface area (Å²) in [5.74, 6) is -0.175. The molecule has 6 nitrogen and oxygen atoms in total. The number of carbonyl (C=O) groups is 1. The van der Waals surface area contributed by atoms with Crippen molar-refractivity contribution in [2.45, 2.75) is 6.10 Å². The lowest BCUT2D eigenvalue weighted by Gasteiger charge is -2.18. The number of aliphatic hydroxyl groups excluding tert-OH is 1. The fourth-order valence-corrected chi connectivity index (χ4v) is 1.48. The van der Waals surface area contributed by atoms with Crippen LogP contribution in [0.2, 0.25) is 0 Å². The van der Waals surface area contributed by atoms with Crippen LogP contribution in [0.15, 0.2) is 18.3 Å². The van der Waals surface area contributed by atoms with E-state index in [1.54, 1.807) is 31.1 Å². The minimum Gasteiger partial charge on any atom is -0.389 e. The van der Waals surface area contributed by atoms with Gasteiger partial charge in [-0.3, -0.25) is 9.48 Å². The number of aryl methyl sites for hydroxylation is 1. The summed E-state index contributed by atoms with van der Waals surface area (Å²) < 4.78 is 6.47. The molecule has 0 aliphatic carbocycles. The largest absolute Gasteiger partial charge is 0.389 e. The lowest BCUT2D eigenvalue weighted by atomic mass is 10.3. The van der Waals surface area contributed by atoms with Gasteiger partial charge in [-0.1, -0.05) is 0 Å². The minimum atomic E-state index is -0.672. The van der Waals surface area contributed by atoms with Gasteiger partial charge in [0.25, 0.3) is 0 Å². The van der Waals surface area contributed by atoms with E-state index in [0.717, 1.165) is 5.69 Å². The van der Waals surface area contributed by atoms with E-state index in [1.807, 2.05) is 6.07 Å². The second-order valence-electron chi connectivity index (χ2n) is 4.04. The van der Waals surface area contributed by atoms with Crippen LogP contribution in [-0.2, 0) is 16.6 Å². The van der Waals surface area contributed by atoms with Gasteiger partial charge in [-0.15, -0.1) is 0 Å². The Balaban J connectivity index is 2.50. The maximum atomic E-state index is 11.7. The first kappa shape index (κ1) is 14.4. The van der Waals surface area contributed by atoms with Gasteiger partial charge in [-0.2, -0.15) is 5.10 Å². The van der Waals surface area contributed by atoms with E-state index in [4.69, 9.17) is 4.74 Å². The predicted octanol–water partition coefficient (Wildman–Crippen LogP) is -0.101. The molecule has 0 radical (unpaired) electrons. The summed E-state index contributed by atoms with van der Waals surface area (Å²) in [6, 6.07) is 1.81. The van der Waals surface area contributed by atoms with E-state index in [0.29, 0.717) is 0 Å². The molecule has 0 aromatic carbocycles. The average molecular weight is 253 g/mol. The average Bonchev–Trinajstić information content (AvgIpc) is 2.72. The van der Waals surface area contributed by atoms with Crippen molar-refractivity contribution in [2.75, 3.05) is 27.3 Å². The zero-order chi connectivity index (χ0) is 13.5. The maximum Gasteiger partial charge on any atom is 0.246 e. The third kappa shape index (κ3) is 4.31. The number of aromatic nitrogens is 2. The number of aliphatic hydroxyl groups is 1. The predicted molar refractivity (Wildman–Crippen MR) is 67.8 cm³/mol. The number of methoxy groups -OCH3 is 1. The third-order valence-corrected chi connectivity index (χ3v) is 2.48. The van der Waals surface area contributed by atoms with Crippen LogP contribution < -0.4 is 0 Å². The number of nitrogens with zero attached hydrogens (tertiary/aromatic N) is 3. The molecule has 0 bridgehead atoms. The Morgan fingerprint density at radius 2 is 2.44 bits per heavy atom. The number of carbonyl (C=O) groups excluding carboxylic acids is 1. The molecule has 100 valence electrons. The number of amides is 1. The number of likely N-dealkylation sites (N-methyl/N-ethyl adjacent to an activating group) is 1. The highest BCUT2D eigenvalue weighted by atomic mass is 16.5. The highest BCUT2D eigenvalue weighted by molar-refractivity contribution is 5.91. The highest BCUT2D eigenvalue weighted by Gasteiger charge is 2.11. The quantitative estimate of drug-likeness (QED) is 0.719. The van der Waals surface area contributed by atoms with Crippen molar-refractivity contribution in [3.63, 3.8) is 0 Å². The first-order valence-electron chi connectivity index (χ1n) is 5.62. The van der Waals surface area contributed by atoms with Crippen molar-refractivity contribution in [2.24, 2.45) is 7.05 Å². The zero-order valence-electron chi connectivity index (χ0n) is 10.9. The molecule has 0 spiro atoms. The molecule has 0 saturated carbocycles. The van der Waals surface area contributed by atoms with Crippen LogP contribution in [-0.4, -0.2) is 59.1 Å². The molecule has 1 rings (SSSR count). The van der Waals surface area contributed by atoms with Crippen LogP contribution in [0.25, 0.3) is 6.08 Å². The summed E-state index contributed by atoms with van der Waals surface area (Å²) in [7, 11) is 4.94. The first-order chi connectivity index (χ1) is 8.54. The Labute approximate surface area is 106 Å². The number of hydrogen-bond donors (Lipinski definition) is 1. The van der Waals surface area contributed by atoms with E-state index < -0.39 is 6.10 Å². The number of ether oxygens (including phenoxy) is 1. The van der Waals surface area contributed by atoms with E-state index in [9.17, 15) is 9.90 Å². The normalized spacial score (nSPS) is 12.9. The lowest BCUT2D eigenvalue weighted by Crippen LogP contribution is -2.35. The van der Waals surface area contributed by atoms with Crippen LogP contribution in [0.3, 0.4) is 0 Å². The lowest BCUT2D eigenvalue weighted by molar-refractivity contribution is -0.126. The second kappa shape index (κ2) is 6.93. The van der Waals surface area contributed by atoms with Crippen molar-refractivity contribution in [3.05, 3.63) is 24.0 Å². The molecule has 6 heteroatoms. The van der Waals surface area contributed by atoms with E-state index in [2.05, 4.69) is 5.10 Å². The summed E-state index contributed by atoms with van der Waals surface area (Å²) in [6.45, 7) is 0.450. The fraction of sp³-hybridized carbons (Fsp3) is 0.500. The topological polar surface area (TPSA) is 67.6 Å². The SMILES string of the molecule is COCC(O)CN(C)C(=O)/C=C/c1ccnn1C. The van der Waals surface area contributed by atoms with Crippen LogP contribution in [0.5, 0.6) is 0 Å².